The van der Waals surface area contributed by atoms with Gasteiger partial charge in [-0.25, -0.2) is 9.18 Å². The Morgan fingerprint density at radius 3 is 2.95 bits per heavy atom. The average molecular weight is 264 g/mol. The van der Waals surface area contributed by atoms with Gasteiger partial charge in [-0.2, -0.15) is 0 Å². The highest BCUT2D eigenvalue weighted by Gasteiger charge is 2.05. The molecule has 1 rings (SSSR count). The topological polar surface area (TPSA) is 61.4 Å². The van der Waals surface area contributed by atoms with Crippen molar-refractivity contribution in [3.63, 3.8) is 0 Å². The highest BCUT2D eigenvalue weighted by atomic mass is 19.1. The third kappa shape index (κ3) is 5.40. The molecular weight excluding hydrogens is 247 g/mol. The van der Waals surface area contributed by atoms with Gasteiger partial charge in [0.2, 0.25) is 0 Å². The lowest BCUT2D eigenvalue weighted by Gasteiger charge is -2.08. The van der Waals surface area contributed by atoms with E-state index in [9.17, 15) is 9.18 Å². The van der Waals surface area contributed by atoms with E-state index in [0.717, 1.165) is 6.42 Å². The first-order valence-corrected chi connectivity index (χ1v) is 6.11. The van der Waals surface area contributed by atoms with Crippen molar-refractivity contribution in [3.05, 3.63) is 29.6 Å². The summed E-state index contributed by atoms with van der Waals surface area (Å²) in [5, 5.41) is 13.9. The molecule has 102 valence electrons. The van der Waals surface area contributed by atoms with E-state index in [1.165, 1.54) is 18.2 Å². The second kappa shape index (κ2) is 8.11. The SMILES string of the molecule is CCCNC(=O)Nc1ccc(F)cc1C#CCCO. The van der Waals surface area contributed by atoms with Crippen molar-refractivity contribution in [1.82, 2.24) is 5.32 Å². The van der Waals surface area contributed by atoms with Crippen LogP contribution in [0, 0.1) is 17.7 Å². The van der Waals surface area contributed by atoms with Crippen molar-refractivity contribution in [2.45, 2.75) is 19.8 Å². The van der Waals surface area contributed by atoms with Gasteiger partial charge in [0.15, 0.2) is 0 Å². The molecule has 19 heavy (non-hydrogen) atoms. The van der Waals surface area contributed by atoms with Gasteiger partial charge in [-0.3, -0.25) is 0 Å². The van der Waals surface area contributed by atoms with Gasteiger partial charge in [0.1, 0.15) is 5.82 Å². The van der Waals surface area contributed by atoms with E-state index in [1.807, 2.05) is 6.92 Å². The largest absolute Gasteiger partial charge is 0.395 e. The van der Waals surface area contributed by atoms with Gasteiger partial charge in [0.05, 0.1) is 17.9 Å². The van der Waals surface area contributed by atoms with Crippen molar-refractivity contribution in [1.29, 1.82) is 0 Å². The first-order valence-electron chi connectivity index (χ1n) is 6.11. The first kappa shape index (κ1) is 15.0. The zero-order chi connectivity index (χ0) is 14.1. The van der Waals surface area contributed by atoms with Crippen LogP contribution in [0.3, 0.4) is 0 Å². The standard InChI is InChI=1S/C14H17FN2O2/c1-2-8-16-14(19)17-13-7-6-12(15)10-11(13)5-3-4-9-18/h6-7,10,18H,2,4,8-9H2,1H3,(H2,16,17,19). The molecule has 0 heterocycles. The number of aliphatic hydroxyl groups excluding tert-OH is 1. The number of rotatable bonds is 4. The number of amides is 2. The molecule has 1 aromatic rings. The number of carbonyl (C=O) groups is 1. The summed E-state index contributed by atoms with van der Waals surface area (Å²) in [6.07, 6.45) is 1.14. The van der Waals surface area contributed by atoms with Gasteiger partial charge >= 0.3 is 6.03 Å². The smallest absolute Gasteiger partial charge is 0.319 e. The summed E-state index contributed by atoms with van der Waals surface area (Å²) < 4.78 is 13.2. The second-order valence-corrected chi connectivity index (χ2v) is 3.85. The van der Waals surface area contributed by atoms with Crippen LogP contribution >= 0.6 is 0 Å². The van der Waals surface area contributed by atoms with E-state index >= 15 is 0 Å². The van der Waals surface area contributed by atoms with Gasteiger partial charge in [0, 0.05) is 13.0 Å². The molecule has 0 aliphatic heterocycles. The number of carbonyl (C=O) groups excluding carboxylic acids is 1. The van der Waals surface area contributed by atoms with Gasteiger partial charge < -0.3 is 15.7 Å². The minimum Gasteiger partial charge on any atom is -0.395 e. The Labute approximate surface area is 112 Å². The Morgan fingerprint density at radius 1 is 1.47 bits per heavy atom. The van der Waals surface area contributed by atoms with Crippen molar-refractivity contribution in [2.75, 3.05) is 18.5 Å². The first-order chi connectivity index (χ1) is 9.17. The molecule has 1 aromatic carbocycles. The number of benzene rings is 1. The lowest BCUT2D eigenvalue weighted by atomic mass is 10.1. The summed E-state index contributed by atoms with van der Waals surface area (Å²) in [7, 11) is 0. The van der Waals surface area contributed by atoms with Crippen LogP contribution < -0.4 is 10.6 Å². The van der Waals surface area contributed by atoms with Gasteiger partial charge in [0.25, 0.3) is 0 Å². The summed E-state index contributed by atoms with van der Waals surface area (Å²) in [6, 6.07) is 3.62. The highest BCUT2D eigenvalue weighted by Crippen LogP contribution is 2.15. The number of halogens is 1. The Balaban J connectivity index is 2.82. The fourth-order valence-corrected chi connectivity index (χ4v) is 1.35. The molecule has 0 aliphatic carbocycles. The monoisotopic (exact) mass is 264 g/mol. The van der Waals surface area contributed by atoms with Crippen LogP contribution in [0.4, 0.5) is 14.9 Å². The molecule has 0 fully saturated rings. The normalized spacial score (nSPS) is 9.42. The minimum absolute atomic E-state index is 0.0535. The quantitative estimate of drug-likeness (QED) is 0.729. The Morgan fingerprint density at radius 2 is 2.26 bits per heavy atom. The maximum Gasteiger partial charge on any atom is 0.319 e. The molecule has 0 unspecified atom stereocenters. The molecule has 0 aromatic heterocycles. The second-order valence-electron chi connectivity index (χ2n) is 3.85. The van der Waals surface area contributed by atoms with E-state index in [-0.39, 0.29) is 12.6 Å². The van der Waals surface area contributed by atoms with Crippen molar-refractivity contribution in [3.8, 4) is 11.8 Å². The van der Waals surface area contributed by atoms with Gasteiger partial charge in [-0.15, -0.1) is 0 Å². The van der Waals surface area contributed by atoms with E-state index in [0.29, 0.717) is 24.2 Å². The van der Waals surface area contributed by atoms with Crippen LogP contribution in [-0.4, -0.2) is 24.3 Å². The molecule has 0 atom stereocenters. The van der Waals surface area contributed by atoms with E-state index in [4.69, 9.17) is 5.11 Å². The zero-order valence-corrected chi connectivity index (χ0v) is 10.8. The number of anilines is 1. The number of hydrogen-bond donors (Lipinski definition) is 3. The summed E-state index contributed by atoms with van der Waals surface area (Å²) in [5.41, 5.74) is 0.834. The third-order valence-electron chi connectivity index (χ3n) is 2.23. The summed E-state index contributed by atoms with van der Waals surface area (Å²) >= 11 is 0. The Kier molecular flexibility index (Phi) is 6.41. The number of hydrogen-bond acceptors (Lipinski definition) is 2. The minimum atomic E-state index is -0.423. The fourth-order valence-electron chi connectivity index (χ4n) is 1.35. The van der Waals surface area contributed by atoms with Crippen LogP contribution in [0.1, 0.15) is 25.3 Å². The number of nitrogens with one attached hydrogen (secondary N) is 2. The molecular formula is C14H17FN2O2. The van der Waals surface area contributed by atoms with Gasteiger partial charge in [-0.1, -0.05) is 18.8 Å². The fraction of sp³-hybridized carbons (Fsp3) is 0.357. The number of aliphatic hydroxyl groups is 1. The van der Waals surface area contributed by atoms with Crippen LogP contribution in [0.5, 0.6) is 0 Å². The van der Waals surface area contributed by atoms with E-state index < -0.39 is 5.82 Å². The van der Waals surface area contributed by atoms with E-state index in [2.05, 4.69) is 22.5 Å². The molecule has 5 heteroatoms. The Bertz CT molecular complexity index is 492. The van der Waals surface area contributed by atoms with Crippen LogP contribution in [-0.2, 0) is 0 Å². The molecule has 4 nitrogen and oxygen atoms in total. The molecule has 0 saturated carbocycles. The lowest BCUT2D eigenvalue weighted by molar-refractivity contribution is 0.252. The van der Waals surface area contributed by atoms with E-state index in [1.54, 1.807) is 0 Å². The third-order valence-corrected chi connectivity index (χ3v) is 2.23. The van der Waals surface area contributed by atoms with Crippen LogP contribution in [0.25, 0.3) is 0 Å². The maximum absolute atomic E-state index is 13.2. The predicted molar refractivity (Wildman–Crippen MR) is 72.3 cm³/mol. The molecule has 0 saturated heterocycles. The molecule has 0 bridgehead atoms. The molecule has 3 N–H and O–H groups in total. The van der Waals surface area contributed by atoms with Crippen molar-refractivity contribution in [2.24, 2.45) is 0 Å². The van der Waals surface area contributed by atoms with Gasteiger partial charge in [-0.05, 0) is 24.6 Å². The van der Waals surface area contributed by atoms with Crippen molar-refractivity contribution < 1.29 is 14.3 Å². The van der Waals surface area contributed by atoms with Crippen molar-refractivity contribution >= 4 is 11.7 Å². The molecule has 2 amide bonds. The molecule has 0 aliphatic rings. The predicted octanol–water partition coefficient (Wildman–Crippen LogP) is 2.09. The van der Waals surface area contributed by atoms with Crippen LogP contribution in [0.2, 0.25) is 0 Å². The summed E-state index contributed by atoms with van der Waals surface area (Å²) in [5.74, 6) is 5.00. The number of urea groups is 1. The molecule has 0 spiro atoms. The molecule has 0 radical (unpaired) electrons. The highest BCUT2D eigenvalue weighted by molar-refractivity contribution is 5.90. The summed E-state index contributed by atoms with van der Waals surface area (Å²) in [6.45, 7) is 2.46. The lowest BCUT2D eigenvalue weighted by Crippen LogP contribution is -2.29. The Hall–Kier alpha value is -2.06. The zero-order valence-electron chi connectivity index (χ0n) is 10.8. The maximum atomic E-state index is 13.2. The summed E-state index contributed by atoms with van der Waals surface area (Å²) in [4.78, 5) is 11.5. The van der Waals surface area contributed by atoms with Crippen LogP contribution in [0.15, 0.2) is 18.2 Å². The average Bonchev–Trinajstić information content (AvgIpc) is 2.39.